The van der Waals surface area contributed by atoms with E-state index in [-0.39, 0.29) is 0 Å². The van der Waals surface area contributed by atoms with E-state index in [1.807, 2.05) is 11.8 Å². The summed E-state index contributed by atoms with van der Waals surface area (Å²) in [6.07, 6.45) is 4.06. The van der Waals surface area contributed by atoms with Gasteiger partial charge >= 0.3 is 0 Å². The molecule has 0 bridgehead atoms. The van der Waals surface area contributed by atoms with Gasteiger partial charge in [0.15, 0.2) is 0 Å². The van der Waals surface area contributed by atoms with Gasteiger partial charge in [-0.2, -0.15) is 11.8 Å². The van der Waals surface area contributed by atoms with Gasteiger partial charge < -0.3 is 0 Å². The molecule has 0 aromatic carbocycles. The zero-order chi connectivity index (χ0) is 11.5. The fourth-order valence-electron chi connectivity index (χ4n) is 1.32. The molecule has 0 saturated carbocycles. The number of halogens is 4. The molecule has 0 fully saturated rings. The van der Waals surface area contributed by atoms with Gasteiger partial charge in [-0.3, -0.25) is 0 Å². The highest BCUT2D eigenvalue weighted by Crippen LogP contribution is 2.29. The van der Waals surface area contributed by atoms with E-state index in [1.54, 1.807) is 0 Å². The largest absolute Gasteiger partial charge is 0.155 e. The monoisotopic (exact) mass is 310 g/mol. The zero-order valence-corrected chi connectivity index (χ0v) is 12.6. The van der Waals surface area contributed by atoms with Crippen LogP contribution in [0.5, 0.6) is 0 Å². The summed E-state index contributed by atoms with van der Waals surface area (Å²) in [7, 11) is 0. The van der Waals surface area contributed by atoms with Crippen LogP contribution in [0.4, 0.5) is 0 Å². The van der Waals surface area contributed by atoms with Crippen molar-refractivity contribution < 1.29 is 0 Å². The first-order valence-corrected chi connectivity index (χ1v) is 8.25. The van der Waals surface area contributed by atoms with Gasteiger partial charge in [-0.15, -0.1) is 46.4 Å². The molecule has 0 aromatic rings. The van der Waals surface area contributed by atoms with Crippen molar-refractivity contribution in [3.05, 3.63) is 0 Å². The molecule has 92 valence electrons. The summed E-state index contributed by atoms with van der Waals surface area (Å²) in [4.78, 5) is 0. The van der Waals surface area contributed by atoms with Crippen LogP contribution in [0.15, 0.2) is 0 Å². The smallest absolute Gasteiger partial charge is 0.0233 e. The summed E-state index contributed by atoms with van der Waals surface area (Å²) in [6, 6.07) is 0. The van der Waals surface area contributed by atoms with Gasteiger partial charge in [-0.25, -0.2) is 0 Å². The van der Waals surface area contributed by atoms with Crippen molar-refractivity contribution in [2.45, 2.75) is 36.2 Å². The fraction of sp³-hybridized carbons (Fsp3) is 1.00. The van der Waals surface area contributed by atoms with Crippen molar-refractivity contribution in [2.24, 2.45) is 0 Å². The Hall–Kier alpha value is 1.51. The van der Waals surface area contributed by atoms with E-state index in [2.05, 4.69) is 0 Å². The van der Waals surface area contributed by atoms with Gasteiger partial charge in [0.05, 0.1) is 0 Å². The Morgan fingerprint density at radius 3 is 1.07 bits per heavy atom. The lowest BCUT2D eigenvalue weighted by molar-refractivity contribution is 0.758. The van der Waals surface area contributed by atoms with E-state index in [9.17, 15) is 0 Å². The Kier molecular flexibility index (Phi) is 13.2. The maximum absolute atomic E-state index is 5.76. The SMILES string of the molecule is ClCCC(CCCl)SC(CCCl)CCCl. The van der Waals surface area contributed by atoms with Crippen molar-refractivity contribution in [3.8, 4) is 0 Å². The van der Waals surface area contributed by atoms with Crippen LogP contribution in [-0.2, 0) is 0 Å². The maximum atomic E-state index is 5.76. The summed E-state index contributed by atoms with van der Waals surface area (Å²) < 4.78 is 0. The standard InChI is InChI=1S/C10H18Cl4S/c11-5-1-9(2-6-12)15-10(3-7-13)4-8-14/h9-10H,1-8H2. The van der Waals surface area contributed by atoms with Crippen LogP contribution in [0, 0.1) is 0 Å². The molecule has 5 heteroatoms. The molecule has 0 amide bonds. The third-order valence-corrected chi connectivity index (χ3v) is 4.69. The lowest BCUT2D eigenvalue weighted by Gasteiger charge is -2.21. The number of rotatable bonds is 10. The molecule has 0 aliphatic rings. The second-order valence-corrected chi connectivity index (χ2v) is 6.41. The minimum Gasteiger partial charge on any atom is -0.155 e. The summed E-state index contributed by atoms with van der Waals surface area (Å²) in [5.74, 6) is 2.79. The lowest BCUT2D eigenvalue weighted by Crippen LogP contribution is -2.14. The molecule has 15 heavy (non-hydrogen) atoms. The third kappa shape index (κ3) is 9.23. The molecule has 0 heterocycles. The van der Waals surface area contributed by atoms with E-state index in [1.165, 1.54) is 0 Å². The molecule has 0 aliphatic heterocycles. The molecule has 0 saturated heterocycles. The van der Waals surface area contributed by atoms with Crippen molar-refractivity contribution in [2.75, 3.05) is 23.5 Å². The van der Waals surface area contributed by atoms with Crippen LogP contribution in [0.1, 0.15) is 25.7 Å². The second-order valence-electron chi connectivity index (χ2n) is 3.29. The highest BCUT2D eigenvalue weighted by atomic mass is 35.5. The predicted molar refractivity (Wildman–Crippen MR) is 76.5 cm³/mol. The van der Waals surface area contributed by atoms with Crippen LogP contribution < -0.4 is 0 Å². The summed E-state index contributed by atoms with van der Waals surface area (Å²) in [5.41, 5.74) is 0. The van der Waals surface area contributed by atoms with E-state index >= 15 is 0 Å². The molecule has 0 atom stereocenters. The van der Waals surface area contributed by atoms with Gasteiger partial charge in [0.2, 0.25) is 0 Å². The minimum absolute atomic E-state index is 0.552. The Balaban J connectivity index is 3.93. The van der Waals surface area contributed by atoms with Crippen molar-refractivity contribution in [1.29, 1.82) is 0 Å². The van der Waals surface area contributed by atoms with Crippen LogP contribution in [0.2, 0.25) is 0 Å². The molecule has 0 spiro atoms. The maximum Gasteiger partial charge on any atom is 0.0233 e. The Morgan fingerprint density at radius 2 is 0.867 bits per heavy atom. The van der Waals surface area contributed by atoms with Gasteiger partial charge in [-0.05, 0) is 25.7 Å². The number of thioether (sulfide) groups is 1. The van der Waals surface area contributed by atoms with Gasteiger partial charge in [0, 0.05) is 34.0 Å². The number of hydrogen-bond donors (Lipinski definition) is 0. The fourth-order valence-corrected chi connectivity index (χ4v) is 4.45. The highest BCUT2D eigenvalue weighted by molar-refractivity contribution is 8.00. The number of hydrogen-bond acceptors (Lipinski definition) is 1. The first-order valence-electron chi connectivity index (χ1n) is 5.17. The van der Waals surface area contributed by atoms with Gasteiger partial charge in [0.1, 0.15) is 0 Å². The van der Waals surface area contributed by atoms with E-state index in [0.29, 0.717) is 34.0 Å². The topological polar surface area (TPSA) is 0 Å². The van der Waals surface area contributed by atoms with Crippen LogP contribution >= 0.6 is 58.2 Å². The third-order valence-electron chi connectivity index (χ3n) is 2.11. The molecular weight excluding hydrogens is 294 g/mol. The average molecular weight is 312 g/mol. The first kappa shape index (κ1) is 16.5. The van der Waals surface area contributed by atoms with Crippen molar-refractivity contribution in [3.63, 3.8) is 0 Å². The molecule has 0 radical (unpaired) electrons. The Morgan fingerprint density at radius 1 is 0.600 bits per heavy atom. The predicted octanol–water partition coefficient (Wildman–Crippen LogP) is 4.97. The van der Waals surface area contributed by atoms with Crippen molar-refractivity contribution in [1.82, 2.24) is 0 Å². The minimum atomic E-state index is 0.552. The Labute approximate surface area is 117 Å². The molecule has 0 rings (SSSR count). The summed E-state index contributed by atoms with van der Waals surface area (Å²) in [6.45, 7) is 0. The summed E-state index contributed by atoms with van der Waals surface area (Å²) in [5, 5.41) is 1.10. The quantitative estimate of drug-likeness (QED) is 0.513. The van der Waals surface area contributed by atoms with E-state index in [0.717, 1.165) is 25.7 Å². The lowest BCUT2D eigenvalue weighted by atomic mass is 10.2. The van der Waals surface area contributed by atoms with Crippen LogP contribution in [0.3, 0.4) is 0 Å². The van der Waals surface area contributed by atoms with Gasteiger partial charge in [-0.1, -0.05) is 0 Å². The molecule has 0 N–H and O–H groups in total. The van der Waals surface area contributed by atoms with Crippen molar-refractivity contribution >= 4 is 58.2 Å². The second kappa shape index (κ2) is 12.0. The average Bonchev–Trinajstić information content (AvgIpc) is 2.19. The molecule has 0 unspecified atom stereocenters. The summed E-state index contributed by atoms with van der Waals surface area (Å²) >= 11 is 25.0. The zero-order valence-electron chi connectivity index (χ0n) is 8.73. The van der Waals surface area contributed by atoms with E-state index in [4.69, 9.17) is 46.4 Å². The van der Waals surface area contributed by atoms with Crippen LogP contribution in [0.25, 0.3) is 0 Å². The molecule has 0 aromatic heterocycles. The normalized spacial score (nSPS) is 11.6. The van der Waals surface area contributed by atoms with Crippen LogP contribution in [-0.4, -0.2) is 34.0 Å². The Bertz CT molecular complexity index is 109. The number of alkyl halides is 4. The highest BCUT2D eigenvalue weighted by Gasteiger charge is 2.15. The molecule has 0 aliphatic carbocycles. The van der Waals surface area contributed by atoms with E-state index < -0.39 is 0 Å². The molecular formula is C10H18Cl4S. The van der Waals surface area contributed by atoms with Gasteiger partial charge in [0.25, 0.3) is 0 Å². The molecule has 0 nitrogen and oxygen atoms in total. The first-order chi connectivity index (χ1) is 7.28.